The molecule has 2 N–H and O–H groups in total. The molecule has 1 aromatic heterocycles. The highest BCUT2D eigenvalue weighted by Crippen LogP contribution is 2.10. The van der Waals surface area contributed by atoms with Crippen molar-refractivity contribution in [3.63, 3.8) is 0 Å². The number of nitrogens with zero attached hydrogens (tertiary/aromatic N) is 4. The molecule has 1 saturated heterocycles. The molecule has 0 aromatic carbocycles. The van der Waals surface area contributed by atoms with Crippen molar-refractivity contribution in [3.05, 3.63) is 17.5 Å². The van der Waals surface area contributed by atoms with Gasteiger partial charge in [-0.05, 0) is 58.2 Å². The quantitative estimate of drug-likeness (QED) is 0.262. The van der Waals surface area contributed by atoms with Crippen molar-refractivity contribution in [2.45, 2.75) is 53.0 Å². The number of aryl methyl sites for hydroxylation is 3. The Kier molecular flexibility index (Phi) is 11.2. The Morgan fingerprint density at radius 1 is 1.23 bits per heavy atom. The first-order valence-electron chi connectivity index (χ1n) is 9.76. The second kappa shape index (κ2) is 12.5. The van der Waals surface area contributed by atoms with E-state index in [4.69, 9.17) is 0 Å². The molecule has 150 valence electrons. The van der Waals surface area contributed by atoms with Crippen LogP contribution in [0.5, 0.6) is 0 Å². The van der Waals surface area contributed by atoms with E-state index in [1.807, 2.05) is 14.0 Å². The van der Waals surface area contributed by atoms with Crippen LogP contribution in [-0.2, 0) is 6.54 Å². The average Bonchev–Trinajstić information content (AvgIpc) is 2.92. The largest absolute Gasteiger partial charge is 0.356 e. The van der Waals surface area contributed by atoms with Gasteiger partial charge in [0.25, 0.3) is 0 Å². The minimum absolute atomic E-state index is 0. The van der Waals surface area contributed by atoms with Gasteiger partial charge < -0.3 is 15.5 Å². The average molecular weight is 476 g/mol. The van der Waals surface area contributed by atoms with Gasteiger partial charge in [0.05, 0.1) is 5.69 Å². The fourth-order valence-electron chi connectivity index (χ4n) is 3.48. The van der Waals surface area contributed by atoms with Gasteiger partial charge in [0, 0.05) is 38.9 Å². The second-order valence-corrected chi connectivity index (χ2v) is 7.35. The van der Waals surface area contributed by atoms with Crippen molar-refractivity contribution in [1.29, 1.82) is 0 Å². The summed E-state index contributed by atoms with van der Waals surface area (Å²) in [5.74, 6) is 1.53. The number of guanidine groups is 1. The van der Waals surface area contributed by atoms with Gasteiger partial charge in [0.15, 0.2) is 5.96 Å². The molecular weight excluding hydrogens is 439 g/mol. The molecule has 0 spiro atoms. The summed E-state index contributed by atoms with van der Waals surface area (Å²) >= 11 is 0. The van der Waals surface area contributed by atoms with Crippen molar-refractivity contribution < 1.29 is 0 Å². The molecule has 1 aliphatic rings. The molecule has 0 aliphatic carbocycles. The van der Waals surface area contributed by atoms with Gasteiger partial charge in [-0.2, -0.15) is 5.10 Å². The van der Waals surface area contributed by atoms with Gasteiger partial charge in [-0.15, -0.1) is 24.0 Å². The van der Waals surface area contributed by atoms with E-state index in [1.165, 1.54) is 44.6 Å². The number of hydrogen-bond acceptors (Lipinski definition) is 3. The van der Waals surface area contributed by atoms with Crippen LogP contribution in [0.2, 0.25) is 0 Å². The SMILES string of the molecule is CN=C(NCCCn1nc(C)cc1C)NCC(C)CN1CCCCC1.I. The summed E-state index contributed by atoms with van der Waals surface area (Å²) in [7, 11) is 1.84. The third-order valence-corrected chi connectivity index (χ3v) is 4.80. The highest BCUT2D eigenvalue weighted by atomic mass is 127. The molecule has 0 saturated carbocycles. The molecule has 6 nitrogen and oxygen atoms in total. The summed E-state index contributed by atoms with van der Waals surface area (Å²) in [5.41, 5.74) is 2.32. The molecule has 0 amide bonds. The lowest BCUT2D eigenvalue weighted by atomic mass is 10.1. The number of aliphatic imine (C=N–C) groups is 1. The summed E-state index contributed by atoms with van der Waals surface area (Å²) in [6.45, 7) is 13.0. The Morgan fingerprint density at radius 2 is 1.96 bits per heavy atom. The molecule has 1 fully saturated rings. The van der Waals surface area contributed by atoms with Crippen molar-refractivity contribution in [3.8, 4) is 0 Å². The molecule has 0 bridgehead atoms. The molecule has 1 atom stereocenters. The van der Waals surface area contributed by atoms with Crippen molar-refractivity contribution in [2.75, 3.05) is 39.8 Å². The fourth-order valence-corrected chi connectivity index (χ4v) is 3.48. The third kappa shape index (κ3) is 8.24. The highest BCUT2D eigenvalue weighted by Gasteiger charge is 2.13. The van der Waals surface area contributed by atoms with Crippen LogP contribution in [-0.4, -0.2) is 60.4 Å². The van der Waals surface area contributed by atoms with Crippen LogP contribution in [0.1, 0.15) is 44.0 Å². The third-order valence-electron chi connectivity index (χ3n) is 4.80. The Labute approximate surface area is 176 Å². The summed E-state index contributed by atoms with van der Waals surface area (Å²) in [5, 5.41) is 11.4. The maximum absolute atomic E-state index is 4.50. The maximum atomic E-state index is 4.50. The molecule has 1 aliphatic heterocycles. The number of aromatic nitrogens is 2. The number of likely N-dealkylation sites (tertiary alicyclic amines) is 1. The Bertz CT molecular complexity index is 536. The Morgan fingerprint density at radius 3 is 2.58 bits per heavy atom. The van der Waals surface area contributed by atoms with Gasteiger partial charge in [0.1, 0.15) is 0 Å². The van der Waals surface area contributed by atoms with E-state index in [2.05, 4.69) is 50.2 Å². The van der Waals surface area contributed by atoms with Gasteiger partial charge >= 0.3 is 0 Å². The van der Waals surface area contributed by atoms with Gasteiger partial charge in [-0.3, -0.25) is 9.67 Å². The Balaban J connectivity index is 0.00000338. The number of hydrogen-bond donors (Lipinski definition) is 2. The van der Waals surface area contributed by atoms with Gasteiger partial charge in [-0.25, -0.2) is 0 Å². The highest BCUT2D eigenvalue weighted by molar-refractivity contribution is 14.0. The van der Waals surface area contributed by atoms with Crippen LogP contribution in [0.25, 0.3) is 0 Å². The summed E-state index contributed by atoms with van der Waals surface area (Å²) in [6.07, 6.45) is 5.15. The monoisotopic (exact) mass is 476 g/mol. The maximum Gasteiger partial charge on any atom is 0.190 e. The minimum Gasteiger partial charge on any atom is -0.356 e. The molecule has 2 heterocycles. The fraction of sp³-hybridized carbons (Fsp3) is 0.789. The van der Waals surface area contributed by atoms with Gasteiger partial charge in [0.2, 0.25) is 0 Å². The van der Waals surface area contributed by atoms with Crippen molar-refractivity contribution in [2.24, 2.45) is 10.9 Å². The number of rotatable bonds is 8. The standard InChI is InChI=1S/C19H36N6.HI/c1-16(15-24-10-6-5-7-11-24)14-22-19(20-4)21-9-8-12-25-18(3)13-17(2)23-25;/h13,16H,5-12,14-15H2,1-4H3,(H2,20,21,22);1H. The van der Waals surface area contributed by atoms with E-state index in [0.29, 0.717) is 5.92 Å². The molecule has 1 aromatic rings. The van der Waals surface area contributed by atoms with Crippen LogP contribution in [0.15, 0.2) is 11.1 Å². The van der Waals surface area contributed by atoms with E-state index < -0.39 is 0 Å². The van der Waals surface area contributed by atoms with E-state index in [9.17, 15) is 0 Å². The van der Waals surface area contributed by atoms with Crippen LogP contribution in [0, 0.1) is 19.8 Å². The zero-order valence-electron chi connectivity index (χ0n) is 16.9. The molecule has 0 radical (unpaired) electrons. The molecule has 2 rings (SSSR count). The van der Waals surface area contributed by atoms with E-state index in [0.717, 1.165) is 37.7 Å². The lowest BCUT2D eigenvalue weighted by Crippen LogP contribution is -2.42. The first-order valence-corrected chi connectivity index (χ1v) is 9.76. The zero-order chi connectivity index (χ0) is 18.1. The van der Waals surface area contributed by atoms with Crippen LogP contribution < -0.4 is 10.6 Å². The molecular formula is C19H37IN6. The summed E-state index contributed by atoms with van der Waals surface area (Å²) < 4.78 is 2.08. The minimum atomic E-state index is 0. The van der Waals surface area contributed by atoms with E-state index in [1.54, 1.807) is 0 Å². The number of halogens is 1. The lowest BCUT2D eigenvalue weighted by molar-refractivity contribution is 0.201. The predicted molar refractivity (Wildman–Crippen MR) is 121 cm³/mol. The predicted octanol–water partition coefficient (Wildman–Crippen LogP) is 2.80. The molecule has 1 unspecified atom stereocenters. The smallest absolute Gasteiger partial charge is 0.190 e. The first-order chi connectivity index (χ1) is 12.1. The summed E-state index contributed by atoms with van der Waals surface area (Å²) in [6, 6.07) is 2.12. The molecule has 7 heteroatoms. The summed E-state index contributed by atoms with van der Waals surface area (Å²) in [4.78, 5) is 6.93. The van der Waals surface area contributed by atoms with Crippen LogP contribution in [0.4, 0.5) is 0 Å². The zero-order valence-corrected chi connectivity index (χ0v) is 19.3. The topological polar surface area (TPSA) is 57.5 Å². The Hall–Kier alpha value is -0.830. The van der Waals surface area contributed by atoms with Crippen LogP contribution in [0.3, 0.4) is 0 Å². The normalized spacial score (nSPS) is 16.8. The van der Waals surface area contributed by atoms with Crippen LogP contribution >= 0.6 is 24.0 Å². The lowest BCUT2D eigenvalue weighted by Gasteiger charge is -2.29. The van der Waals surface area contributed by atoms with E-state index in [-0.39, 0.29) is 24.0 Å². The number of piperidine rings is 1. The number of nitrogens with one attached hydrogen (secondary N) is 2. The first kappa shape index (κ1) is 23.2. The molecule has 26 heavy (non-hydrogen) atoms. The van der Waals surface area contributed by atoms with Crippen molar-refractivity contribution in [1.82, 2.24) is 25.3 Å². The van der Waals surface area contributed by atoms with E-state index >= 15 is 0 Å². The van der Waals surface area contributed by atoms with Crippen molar-refractivity contribution >= 4 is 29.9 Å². The second-order valence-electron chi connectivity index (χ2n) is 7.35. The van der Waals surface area contributed by atoms with Gasteiger partial charge in [-0.1, -0.05) is 13.3 Å².